The molecular formula is C9H10OS. The van der Waals surface area contributed by atoms with Crippen LogP contribution in [0.15, 0.2) is 23.1 Å². The molecule has 2 heteroatoms. The van der Waals surface area contributed by atoms with E-state index in [1.54, 1.807) is 11.3 Å². The Bertz CT molecular complexity index is 247. The van der Waals surface area contributed by atoms with Crippen LogP contribution in [0.3, 0.4) is 0 Å². The number of aldehydes is 1. The van der Waals surface area contributed by atoms with Crippen LogP contribution >= 0.6 is 11.3 Å². The first-order chi connectivity index (χ1) is 5.36. The fourth-order valence-corrected chi connectivity index (χ4v) is 1.47. The van der Waals surface area contributed by atoms with Crippen LogP contribution in [0.4, 0.5) is 0 Å². The molecule has 0 aliphatic rings. The molecule has 0 aromatic carbocycles. The van der Waals surface area contributed by atoms with Gasteiger partial charge in [0.2, 0.25) is 0 Å². The molecule has 1 nitrogen and oxygen atoms in total. The summed E-state index contributed by atoms with van der Waals surface area (Å²) >= 11 is 1.65. The molecule has 0 aliphatic heterocycles. The minimum absolute atomic E-state index is 0.807. The summed E-state index contributed by atoms with van der Waals surface area (Å²) in [7, 11) is 0. The highest BCUT2D eigenvalue weighted by molar-refractivity contribution is 7.10. The number of allylic oxidation sites excluding steroid dienone is 1. The van der Waals surface area contributed by atoms with Gasteiger partial charge in [-0.15, -0.1) is 11.3 Å². The molecule has 1 aromatic rings. The van der Waals surface area contributed by atoms with E-state index in [1.165, 1.54) is 0 Å². The van der Waals surface area contributed by atoms with Crippen LogP contribution in [0, 0.1) is 0 Å². The summed E-state index contributed by atoms with van der Waals surface area (Å²) in [5, 5.41) is 2.00. The fourth-order valence-electron chi connectivity index (χ4n) is 0.776. The van der Waals surface area contributed by atoms with Gasteiger partial charge in [-0.05, 0) is 29.5 Å². The minimum atomic E-state index is 0.807. The second-order valence-corrected chi connectivity index (χ2v) is 3.19. The molecule has 0 bridgehead atoms. The Morgan fingerprint density at radius 2 is 2.55 bits per heavy atom. The van der Waals surface area contributed by atoms with Crippen molar-refractivity contribution in [3.63, 3.8) is 0 Å². The Morgan fingerprint density at radius 1 is 1.73 bits per heavy atom. The third-order valence-corrected chi connectivity index (χ3v) is 2.25. The highest BCUT2D eigenvalue weighted by Crippen LogP contribution is 2.13. The Balaban J connectivity index is 2.79. The van der Waals surface area contributed by atoms with Crippen molar-refractivity contribution >= 4 is 23.7 Å². The smallest absolute Gasteiger partial charge is 0.146 e. The summed E-state index contributed by atoms with van der Waals surface area (Å²) in [6, 6.07) is 3.98. The van der Waals surface area contributed by atoms with Crippen molar-refractivity contribution < 1.29 is 4.79 Å². The molecule has 58 valence electrons. The van der Waals surface area contributed by atoms with Crippen molar-refractivity contribution in [3.05, 3.63) is 28.0 Å². The molecule has 0 N–H and O–H groups in total. The number of carbonyl (C=O) groups is 1. The van der Waals surface area contributed by atoms with Gasteiger partial charge < -0.3 is 0 Å². The summed E-state index contributed by atoms with van der Waals surface area (Å²) in [6.07, 6.45) is 3.65. The number of hydrogen-bond acceptors (Lipinski definition) is 2. The molecule has 1 heterocycles. The molecule has 0 unspecified atom stereocenters. The van der Waals surface area contributed by atoms with Gasteiger partial charge in [-0.25, -0.2) is 0 Å². The van der Waals surface area contributed by atoms with E-state index in [-0.39, 0.29) is 0 Å². The van der Waals surface area contributed by atoms with Gasteiger partial charge in [0.1, 0.15) is 6.29 Å². The molecule has 1 rings (SSSR count). The van der Waals surface area contributed by atoms with Crippen LogP contribution in [0.25, 0.3) is 6.08 Å². The average Bonchev–Trinajstić information content (AvgIpc) is 2.52. The SMILES string of the molecule is CCC(C=O)=Cc1cccs1. The second kappa shape index (κ2) is 4.09. The minimum Gasteiger partial charge on any atom is -0.298 e. The summed E-state index contributed by atoms with van der Waals surface area (Å²) in [5.74, 6) is 0. The van der Waals surface area contributed by atoms with Gasteiger partial charge in [0.25, 0.3) is 0 Å². The predicted molar refractivity (Wildman–Crippen MR) is 48.7 cm³/mol. The van der Waals surface area contributed by atoms with E-state index in [1.807, 2.05) is 30.5 Å². The molecule has 0 fully saturated rings. The quantitative estimate of drug-likeness (QED) is 0.498. The number of hydrogen-bond donors (Lipinski definition) is 0. The molecular weight excluding hydrogens is 156 g/mol. The van der Waals surface area contributed by atoms with Gasteiger partial charge in [-0.2, -0.15) is 0 Å². The van der Waals surface area contributed by atoms with Crippen LogP contribution in [0.5, 0.6) is 0 Å². The zero-order valence-corrected chi connectivity index (χ0v) is 7.23. The summed E-state index contributed by atoms with van der Waals surface area (Å²) in [5.41, 5.74) is 0.854. The average molecular weight is 166 g/mol. The normalized spacial score (nSPS) is 11.5. The van der Waals surface area contributed by atoms with E-state index < -0.39 is 0 Å². The Hall–Kier alpha value is -0.890. The zero-order valence-electron chi connectivity index (χ0n) is 6.41. The van der Waals surface area contributed by atoms with Crippen LogP contribution < -0.4 is 0 Å². The molecule has 0 amide bonds. The third-order valence-electron chi connectivity index (χ3n) is 1.43. The molecule has 0 saturated carbocycles. The van der Waals surface area contributed by atoms with Gasteiger partial charge in [-0.3, -0.25) is 4.79 Å². The van der Waals surface area contributed by atoms with Crippen molar-refractivity contribution in [2.75, 3.05) is 0 Å². The maximum Gasteiger partial charge on any atom is 0.146 e. The molecule has 0 radical (unpaired) electrons. The molecule has 0 atom stereocenters. The Labute approximate surface area is 70.4 Å². The molecule has 0 aliphatic carbocycles. The number of carbonyl (C=O) groups excluding carboxylic acids is 1. The van der Waals surface area contributed by atoms with Gasteiger partial charge in [0.15, 0.2) is 0 Å². The van der Waals surface area contributed by atoms with Crippen LogP contribution in [-0.2, 0) is 4.79 Å². The first-order valence-corrected chi connectivity index (χ1v) is 4.44. The first kappa shape index (κ1) is 8.21. The van der Waals surface area contributed by atoms with E-state index in [4.69, 9.17) is 0 Å². The lowest BCUT2D eigenvalue weighted by Gasteiger charge is -1.89. The number of thiophene rings is 1. The van der Waals surface area contributed by atoms with Gasteiger partial charge >= 0.3 is 0 Å². The first-order valence-electron chi connectivity index (χ1n) is 3.56. The van der Waals surface area contributed by atoms with E-state index in [0.717, 1.165) is 23.2 Å². The van der Waals surface area contributed by atoms with E-state index in [0.29, 0.717) is 0 Å². The number of rotatable bonds is 3. The molecule has 0 saturated heterocycles. The fraction of sp³-hybridized carbons (Fsp3) is 0.222. The lowest BCUT2D eigenvalue weighted by Crippen LogP contribution is -1.79. The lowest BCUT2D eigenvalue weighted by atomic mass is 10.2. The monoisotopic (exact) mass is 166 g/mol. The topological polar surface area (TPSA) is 17.1 Å². The predicted octanol–water partition coefficient (Wildman–Crippen LogP) is 2.74. The molecule has 1 aromatic heterocycles. The second-order valence-electron chi connectivity index (χ2n) is 2.21. The Kier molecular flexibility index (Phi) is 3.05. The highest BCUT2D eigenvalue weighted by Gasteiger charge is 1.92. The van der Waals surface area contributed by atoms with Crippen molar-refractivity contribution in [1.82, 2.24) is 0 Å². The maximum atomic E-state index is 10.4. The van der Waals surface area contributed by atoms with E-state index in [2.05, 4.69) is 0 Å². The maximum absolute atomic E-state index is 10.4. The van der Waals surface area contributed by atoms with Crippen molar-refractivity contribution in [2.24, 2.45) is 0 Å². The van der Waals surface area contributed by atoms with E-state index >= 15 is 0 Å². The van der Waals surface area contributed by atoms with Crippen LogP contribution in [0.1, 0.15) is 18.2 Å². The highest BCUT2D eigenvalue weighted by atomic mass is 32.1. The Morgan fingerprint density at radius 3 is 3.00 bits per heavy atom. The molecule has 11 heavy (non-hydrogen) atoms. The van der Waals surface area contributed by atoms with Crippen LogP contribution in [0.2, 0.25) is 0 Å². The standard InChI is InChI=1S/C9H10OS/c1-2-8(7-10)6-9-4-3-5-11-9/h3-7H,2H2,1H3. The van der Waals surface area contributed by atoms with Crippen molar-refractivity contribution in [3.8, 4) is 0 Å². The van der Waals surface area contributed by atoms with Crippen molar-refractivity contribution in [2.45, 2.75) is 13.3 Å². The van der Waals surface area contributed by atoms with Crippen molar-refractivity contribution in [1.29, 1.82) is 0 Å². The summed E-state index contributed by atoms with van der Waals surface area (Å²) < 4.78 is 0. The van der Waals surface area contributed by atoms with Crippen LogP contribution in [-0.4, -0.2) is 6.29 Å². The zero-order chi connectivity index (χ0) is 8.10. The molecule has 0 spiro atoms. The summed E-state index contributed by atoms with van der Waals surface area (Å²) in [4.78, 5) is 11.5. The largest absolute Gasteiger partial charge is 0.298 e. The van der Waals surface area contributed by atoms with Gasteiger partial charge in [0, 0.05) is 4.88 Å². The van der Waals surface area contributed by atoms with Gasteiger partial charge in [-0.1, -0.05) is 13.0 Å². The summed E-state index contributed by atoms with van der Waals surface area (Å²) in [6.45, 7) is 1.98. The third kappa shape index (κ3) is 2.31. The lowest BCUT2D eigenvalue weighted by molar-refractivity contribution is -0.104. The van der Waals surface area contributed by atoms with E-state index in [9.17, 15) is 4.79 Å². The van der Waals surface area contributed by atoms with Gasteiger partial charge in [0.05, 0.1) is 0 Å².